The van der Waals surface area contributed by atoms with Gasteiger partial charge in [0.15, 0.2) is 5.96 Å². The van der Waals surface area contributed by atoms with E-state index in [2.05, 4.69) is 15.6 Å². The van der Waals surface area contributed by atoms with E-state index in [1.807, 2.05) is 11.8 Å². The average molecular weight is 312 g/mol. The first-order valence-electron chi connectivity index (χ1n) is 7.60. The van der Waals surface area contributed by atoms with Gasteiger partial charge in [-0.2, -0.15) is 11.8 Å². The van der Waals surface area contributed by atoms with Crippen molar-refractivity contribution < 1.29 is 9.59 Å². The highest BCUT2D eigenvalue weighted by molar-refractivity contribution is 8.00. The van der Waals surface area contributed by atoms with Gasteiger partial charge in [-0.1, -0.05) is 0 Å². The van der Waals surface area contributed by atoms with Crippen LogP contribution in [0.3, 0.4) is 0 Å². The molecule has 21 heavy (non-hydrogen) atoms. The summed E-state index contributed by atoms with van der Waals surface area (Å²) in [7, 11) is 1.73. The highest BCUT2D eigenvalue weighted by Crippen LogP contribution is 2.25. The van der Waals surface area contributed by atoms with Crippen LogP contribution >= 0.6 is 11.8 Å². The van der Waals surface area contributed by atoms with Crippen molar-refractivity contribution in [2.24, 2.45) is 4.99 Å². The monoisotopic (exact) mass is 312 g/mol. The van der Waals surface area contributed by atoms with E-state index in [1.54, 1.807) is 7.05 Å². The van der Waals surface area contributed by atoms with Crippen molar-refractivity contribution in [2.45, 2.75) is 37.4 Å². The van der Waals surface area contributed by atoms with Crippen LogP contribution in [0.15, 0.2) is 4.99 Å². The summed E-state index contributed by atoms with van der Waals surface area (Å²) in [6.07, 6.45) is 4.20. The van der Waals surface area contributed by atoms with Gasteiger partial charge in [0.1, 0.15) is 0 Å². The van der Waals surface area contributed by atoms with Crippen molar-refractivity contribution in [1.82, 2.24) is 15.5 Å². The standard InChI is InChI=1S/C14H24N4O2S/c1-15-14(17-10-11-4-3-9-21-11)16-7-8-18-12(19)5-2-6-13(18)20/h11H,2-10H2,1H3,(H2,15,16,17). The molecule has 7 heteroatoms. The van der Waals surface area contributed by atoms with Gasteiger partial charge in [-0.25, -0.2) is 0 Å². The number of imide groups is 1. The predicted molar refractivity (Wildman–Crippen MR) is 85.4 cm³/mol. The second kappa shape index (κ2) is 8.26. The van der Waals surface area contributed by atoms with Crippen molar-refractivity contribution in [2.75, 3.05) is 32.4 Å². The number of nitrogens with zero attached hydrogens (tertiary/aromatic N) is 2. The van der Waals surface area contributed by atoms with Crippen molar-refractivity contribution in [3.63, 3.8) is 0 Å². The number of aliphatic imine (C=N–C) groups is 1. The molecule has 0 aliphatic carbocycles. The molecule has 0 aromatic heterocycles. The first-order valence-corrected chi connectivity index (χ1v) is 8.65. The number of hydrogen-bond acceptors (Lipinski definition) is 4. The fraction of sp³-hybridized carbons (Fsp3) is 0.786. The van der Waals surface area contributed by atoms with Gasteiger partial charge in [0, 0.05) is 44.8 Å². The molecule has 2 fully saturated rings. The van der Waals surface area contributed by atoms with Gasteiger partial charge in [0.05, 0.1) is 0 Å². The largest absolute Gasteiger partial charge is 0.355 e. The molecular formula is C14H24N4O2S. The first-order chi connectivity index (χ1) is 10.2. The lowest BCUT2D eigenvalue weighted by molar-refractivity contribution is -0.147. The van der Waals surface area contributed by atoms with Crippen molar-refractivity contribution in [3.8, 4) is 0 Å². The van der Waals surface area contributed by atoms with Crippen molar-refractivity contribution in [1.29, 1.82) is 0 Å². The molecule has 6 nitrogen and oxygen atoms in total. The summed E-state index contributed by atoms with van der Waals surface area (Å²) in [4.78, 5) is 28.9. The van der Waals surface area contributed by atoms with E-state index in [9.17, 15) is 9.59 Å². The zero-order chi connectivity index (χ0) is 15.1. The average Bonchev–Trinajstić information content (AvgIpc) is 2.98. The lowest BCUT2D eigenvalue weighted by Crippen LogP contribution is -2.47. The molecule has 0 spiro atoms. The van der Waals surface area contributed by atoms with E-state index >= 15 is 0 Å². The van der Waals surface area contributed by atoms with Crippen molar-refractivity contribution >= 4 is 29.5 Å². The Hall–Kier alpha value is -1.24. The minimum Gasteiger partial charge on any atom is -0.355 e. The zero-order valence-electron chi connectivity index (χ0n) is 12.6. The number of thioether (sulfide) groups is 1. The number of nitrogens with one attached hydrogen (secondary N) is 2. The maximum Gasteiger partial charge on any atom is 0.229 e. The van der Waals surface area contributed by atoms with E-state index < -0.39 is 0 Å². The number of carbonyl (C=O) groups excluding carboxylic acids is 2. The Morgan fingerprint density at radius 1 is 1.29 bits per heavy atom. The van der Waals surface area contributed by atoms with Gasteiger partial charge < -0.3 is 10.6 Å². The summed E-state index contributed by atoms with van der Waals surface area (Å²) in [5.41, 5.74) is 0. The van der Waals surface area contributed by atoms with Gasteiger partial charge in [-0.15, -0.1) is 0 Å². The molecule has 0 bridgehead atoms. The number of carbonyl (C=O) groups is 2. The molecule has 2 saturated heterocycles. The molecule has 2 heterocycles. The van der Waals surface area contributed by atoms with Crippen LogP contribution in [-0.2, 0) is 9.59 Å². The molecule has 0 aromatic carbocycles. The third-order valence-corrected chi connectivity index (χ3v) is 5.15. The fourth-order valence-corrected chi connectivity index (χ4v) is 3.77. The van der Waals surface area contributed by atoms with Crippen LogP contribution in [0.2, 0.25) is 0 Å². The molecule has 2 aliphatic rings. The minimum atomic E-state index is -0.0571. The maximum absolute atomic E-state index is 11.7. The quantitative estimate of drug-likeness (QED) is 0.441. The third-order valence-electron chi connectivity index (χ3n) is 3.76. The normalized spacial score (nSPS) is 23.6. The van der Waals surface area contributed by atoms with E-state index in [4.69, 9.17) is 0 Å². The fourth-order valence-electron chi connectivity index (χ4n) is 2.57. The Kier molecular flexibility index (Phi) is 6.35. The Morgan fingerprint density at radius 2 is 2.05 bits per heavy atom. The summed E-state index contributed by atoms with van der Waals surface area (Å²) in [5.74, 6) is 1.87. The van der Waals surface area contributed by atoms with Crippen LogP contribution in [0, 0.1) is 0 Å². The van der Waals surface area contributed by atoms with Gasteiger partial charge in [0.2, 0.25) is 11.8 Å². The summed E-state index contributed by atoms with van der Waals surface area (Å²) in [6.45, 7) is 1.86. The van der Waals surface area contributed by atoms with Gasteiger partial charge in [-0.05, 0) is 25.0 Å². The highest BCUT2D eigenvalue weighted by Gasteiger charge is 2.25. The second-order valence-electron chi connectivity index (χ2n) is 5.31. The minimum absolute atomic E-state index is 0.0571. The topological polar surface area (TPSA) is 73.8 Å². The molecule has 2 rings (SSSR count). The van der Waals surface area contributed by atoms with Crippen molar-refractivity contribution in [3.05, 3.63) is 0 Å². The molecular weight excluding hydrogens is 288 g/mol. The molecule has 1 atom stereocenters. The number of likely N-dealkylation sites (tertiary alicyclic amines) is 1. The summed E-state index contributed by atoms with van der Waals surface area (Å²) in [5, 5.41) is 7.13. The molecule has 2 N–H and O–H groups in total. The lowest BCUT2D eigenvalue weighted by atomic mass is 10.1. The maximum atomic E-state index is 11.7. The molecule has 0 radical (unpaired) electrons. The van der Waals surface area contributed by atoms with Gasteiger partial charge in [-0.3, -0.25) is 19.5 Å². The van der Waals surface area contributed by atoms with Crippen LogP contribution in [0.4, 0.5) is 0 Å². The van der Waals surface area contributed by atoms with Crippen LogP contribution in [-0.4, -0.2) is 60.4 Å². The third kappa shape index (κ3) is 4.91. The number of piperidine rings is 1. The summed E-state index contributed by atoms with van der Waals surface area (Å²) < 4.78 is 0. The number of amides is 2. The number of rotatable bonds is 5. The Bertz CT molecular complexity index is 392. The number of hydrogen-bond donors (Lipinski definition) is 2. The molecule has 118 valence electrons. The smallest absolute Gasteiger partial charge is 0.229 e. The molecule has 0 saturated carbocycles. The molecule has 1 unspecified atom stereocenters. The molecule has 2 aliphatic heterocycles. The molecule has 0 aromatic rings. The highest BCUT2D eigenvalue weighted by atomic mass is 32.2. The van der Waals surface area contributed by atoms with E-state index in [0.717, 1.165) is 12.5 Å². The lowest BCUT2D eigenvalue weighted by Gasteiger charge is -2.25. The van der Waals surface area contributed by atoms with E-state index in [0.29, 0.717) is 37.6 Å². The van der Waals surface area contributed by atoms with Gasteiger partial charge >= 0.3 is 0 Å². The van der Waals surface area contributed by atoms with Crippen LogP contribution in [0.1, 0.15) is 32.1 Å². The first kappa shape index (κ1) is 16.1. The molecule has 2 amide bonds. The van der Waals surface area contributed by atoms with E-state index in [1.165, 1.54) is 23.5 Å². The zero-order valence-corrected chi connectivity index (χ0v) is 13.4. The van der Waals surface area contributed by atoms with Crippen LogP contribution in [0.25, 0.3) is 0 Å². The Labute approximate surface area is 130 Å². The predicted octanol–water partition coefficient (Wildman–Crippen LogP) is 0.586. The van der Waals surface area contributed by atoms with Crippen LogP contribution in [0.5, 0.6) is 0 Å². The van der Waals surface area contributed by atoms with E-state index in [-0.39, 0.29) is 11.8 Å². The summed E-state index contributed by atoms with van der Waals surface area (Å²) >= 11 is 2.00. The second-order valence-corrected chi connectivity index (χ2v) is 6.72. The van der Waals surface area contributed by atoms with Gasteiger partial charge in [0.25, 0.3) is 0 Å². The Morgan fingerprint density at radius 3 is 2.67 bits per heavy atom. The van der Waals surface area contributed by atoms with Crippen LogP contribution < -0.4 is 10.6 Å². The Balaban J connectivity index is 1.67. The number of guanidine groups is 1. The SMILES string of the molecule is CN=C(NCCN1C(=O)CCCC1=O)NCC1CCCS1. The summed E-state index contributed by atoms with van der Waals surface area (Å²) in [6, 6.07) is 0.